The van der Waals surface area contributed by atoms with E-state index in [2.05, 4.69) is 21.3 Å². The first kappa shape index (κ1) is 24.0. The lowest BCUT2D eigenvalue weighted by atomic mass is 9.96. The molecule has 1 aliphatic carbocycles. The number of rotatable bonds is 7. The van der Waals surface area contributed by atoms with E-state index in [-0.39, 0.29) is 5.91 Å². The smallest absolute Gasteiger partial charge is 0.270 e. The van der Waals surface area contributed by atoms with Crippen molar-refractivity contribution in [1.82, 2.24) is 15.2 Å². The van der Waals surface area contributed by atoms with E-state index in [9.17, 15) is 4.79 Å². The molecular weight excluding hydrogens is 428 g/mol. The lowest BCUT2D eigenvalue weighted by molar-refractivity contribution is 0.0930. The van der Waals surface area contributed by atoms with Crippen molar-refractivity contribution in [3.63, 3.8) is 0 Å². The molecule has 178 valence electrons. The molecule has 1 N–H and O–H groups in total. The fourth-order valence-electron chi connectivity index (χ4n) is 4.94. The molecule has 0 saturated carbocycles. The number of hydrogen-bond donors (Lipinski definition) is 1. The van der Waals surface area contributed by atoms with Gasteiger partial charge in [0.2, 0.25) is 0 Å². The summed E-state index contributed by atoms with van der Waals surface area (Å²) in [6.07, 6.45) is 14.3. The van der Waals surface area contributed by atoms with Crippen molar-refractivity contribution in [3.05, 3.63) is 53.1 Å². The van der Waals surface area contributed by atoms with Crippen LogP contribution in [0.3, 0.4) is 0 Å². The van der Waals surface area contributed by atoms with Gasteiger partial charge in [-0.25, -0.2) is 4.98 Å². The Balaban J connectivity index is 1.26. The highest BCUT2D eigenvalue weighted by molar-refractivity contribution is 7.14. The Labute approximate surface area is 202 Å². The summed E-state index contributed by atoms with van der Waals surface area (Å²) in [5.41, 5.74) is 3.22. The van der Waals surface area contributed by atoms with Crippen molar-refractivity contribution in [2.24, 2.45) is 5.92 Å². The second kappa shape index (κ2) is 12.3. The molecule has 1 amide bonds. The van der Waals surface area contributed by atoms with Gasteiger partial charge in [0.05, 0.1) is 0 Å². The maximum Gasteiger partial charge on any atom is 0.270 e. The molecule has 1 aromatic heterocycles. The van der Waals surface area contributed by atoms with Crippen molar-refractivity contribution in [3.8, 4) is 0 Å². The van der Waals surface area contributed by atoms with Crippen molar-refractivity contribution in [2.45, 2.75) is 57.8 Å². The molecule has 2 heterocycles. The summed E-state index contributed by atoms with van der Waals surface area (Å²) in [5, 5.41) is 5.85. The average Bonchev–Trinajstić information content (AvgIpc) is 3.38. The lowest BCUT2D eigenvalue weighted by Gasteiger charge is -2.33. The average molecular weight is 467 g/mol. The van der Waals surface area contributed by atoms with Crippen LogP contribution >= 0.6 is 11.3 Å². The van der Waals surface area contributed by atoms with E-state index in [1.165, 1.54) is 75.7 Å². The Hall–Kier alpha value is -2.18. The van der Waals surface area contributed by atoms with Crippen LogP contribution in [0, 0.1) is 5.92 Å². The zero-order valence-electron chi connectivity index (χ0n) is 20.0. The monoisotopic (exact) mass is 466 g/mol. The van der Waals surface area contributed by atoms with Crippen molar-refractivity contribution in [1.29, 1.82) is 0 Å². The van der Waals surface area contributed by atoms with Gasteiger partial charge in [0, 0.05) is 37.7 Å². The summed E-state index contributed by atoms with van der Waals surface area (Å²) < 4.78 is 0. The number of thiazole rings is 1. The number of piperidine rings is 1. The maximum absolute atomic E-state index is 12.8. The molecule has 1 saturated heterocycles. The van der Waals surface area contributed by atoms with Crippen LogP contribution in [0.5, 0.6) is 0 Å². The summed E-state index contributed by atoms with van der Waals surface area (Å²) in [4.78, 5) is 22.0. The van der Waals surface area contributed by atoms with E-state index in [0.29, 0.717) is 11.6 Å². The number of allylic oxidation sites excluding steroid dienone is 1. The van der Waals surface area contributed by atoms with Gasteiger partial charge < -0.3 is 10.2 Å². The molecule has 2 aromatic rings. The third-order valence-electron chi connectivity index (χ3n) is 6.87. The maximum atomic E-state index is 12.8. The molecule has 0 spiro atoms. The molecule has 6 heteroatoms. The van der Waals surface area contributed by atoms with Gasteiger partial charge in [0.15, 0.2) is 5.13 Å². The normalized spacial score (nSPS) is 21.8. The largest absolute Gasteiger partial charge is 0.350 e. The van der Waals surface area contributed by atoms with Crippen LogP contribution in [0.25, 0.3) is 0 Å². The van der Waals surface area contributed by atoms with Crippen molar-refractivity contribution in [2.75, 3.05) is 38.1 Å². The van der Waals surface area contributed by atoms with Gasteiger partial charge in [-0.05, 0) is 63.1 Å². The highest BCUT2D eigenvalue weighted by Crippen LogP contribution is 2.27. The predicted molar refractivity (Wildman–Crippen MR) is 139 cm³/mol. The Morgan fingerprint density at radius 2 is 1.97 bits per heavy atom. The summed E-state index contributed by atoms with van der Waals surface area (Å²) in [6, 6.07) is 10.1. The van der Waals surface area contributed by atoms with Gasteiger partial charge in [0.1, 0.15) is 5.69 Å². The minimum Gasteiger partial charge on any atom is -0.350 e. The third kappa shape index (κ3) is 7.15. The van der Waals surface area contributed by atoms with Crippen LogP contribution in [-0.2, 0) is 0 Å². The van der Waals surface area contributed by atoms with Gasteiger partial charge >= 0.3 is 0 Å². The third-order valence-corrected chi connectivity index (χ3v) is 7.79. The van der Waals surface area contributed by atoms with Crippen LogP contribution in [0.2, 0.25) is 0 Å². The minimum atomic E-state index is -0.0601. The van der Waals surface area contributed by atoms with Crippen molar-refractivity contribution < 1.29 is 4.79 Å². The van der Waals surface area contributed by atoms with E-state index in [4.69, 9.17) is 0 Å². The van der Waals surface area contributed by atoms with Crippen LogP contribution < -0.4 is 10.2 Å². The molecule has 1 fully saturated rings. The number of nitrogens with one attached hydrogen (secondary N) is 1. The zero-order chi connectivity index (χ0) is 22.9. The standard InChI is InChI=1S/C27H38N4OS/c1-30(24-15-9-6-10-16-24)27-29-25(21-33-27)26(32)28-18-23-14-11-17-31(20-23)19-22-12-7-4-2-3-5-8-13-22/h6,9-10,12,15-16,21,23H,2-5,7-8,11,13-14,17-20H2,1H3,(H,28,32)/b22-12+. The second-order valence-corrected chi connectivity index (χ2v) is 10.4. The molecule has 5 nitrogen and oxygen atoms in total. The van der Waals surface area contributed by atoms with E-state index >= 15 is 0 Å². The van der Waals surface area contributed by atoms with Crippen LogP contribution in [-0.4, -0.2) is 49.0 Å². The van der Waals surface area contributed by atoms with Gasteiger partial charge in [-0.15, -0.1) is 11.3 Å². The molecule has 33 heavy (non-hydrogen) atoms. The highest BCUT2D eigenvalue weighted by atomic mass is 32.1. The Bertz CT molecular complexity index is 910. The van der Waals surface area contributed by atoms with Crippen molar-refractivity contribution >= 4 is 28.1 Å². The first-order chi connectivity index (χ1) is 16.2. The number of hydrogen-bond acceptors (Lipinski definition) is 5. The number of nitrogens with zero attached hydrogens (tertiary/aromatic N) is 3. The Kier molecular flexibility index (Phi) is 8.95. The molecule has 1 unspecified atom stereocenters. The van der Waals surface area contributed by atoms with E-state index in [1.54, 1.807) is 5.57 Å². The number of anilines is 2. The molecule has 2 aliphatic rings. The SMILES string of the molecule is CN(c1ccccc1)c1nc(C(=O)NCC2CCCN(C/C3=C/CCCCCCC3)C2)cs1. The van der Waals surface area contributed by atoms with Gasteiger partial charge in [-0.3, -0.25) is 9.69 Å². The fraction of sp³-hybridized carbons (Fsp3) is 0.556. The second-order valence-electron chi connectivity index (χ2n) is 9.53. The lowest BCUT2D eigenvalue weighted by Crippen LogP contribution is -2.41. The van der Waals surface area contributed by atoms with E-state index in [0.717, 1.165) is 30.5 Å². The molecule has 1 atom stereocenters. The number of aromatic nitrogens is 1. The predicted octanol–water partition coefficient (Wildman–Crippen LogP) is 6.02. The fourth-order valence-corrected chi connectivity index (χ4v) is 5.73. The summed E-state index contributed by atoms with van der Waals surface area (Å²) in [7, 11) is 1.99. The molecule has 4 rings (SSSR count). The van der Waals surface area contributed by atoms with E-state index < -0.39 is 0 Å². The molecule has 0 bridgehead atoms. The topological polar surface area (TPSA) is 48.5 Å². The zero-order valence-corrected chi connectivity index (χ0v) is 20.8. The number of benzene rings is 1. The van der Waals surface area contributed by atoms with Gasteiger partial charge in [0.25, 0.3) is 5.91 Å². The first-order valence-corrected chi connectivity index (χ1v) is 13.5. The van der Waals surface area contributed by atoms with Gasteiger partial charge in [-0.2, -0.15) is 0 Å². The highest BCUT2D eigenvalue weighted by Gasteiger charge is 2.22. The minimum absolute atomic E-state index is 0.0601. The number of likely N-dealkylation sites (tertiary alicyclic amines) is 1. The number of para-hydroxylation sites is 1. The molecule has 0 radical (unpaired) electrons. The molecule has 1 aromatic carbocycles. The summed E-state index contributed by atoms with van der Waals surface area (Å²) in [6.45, 7) is 4.11. The first-order valence-electron chi connectivity index (χ1n) is 12.6. The number of carbonyl (C=O) groups is 1. The Morgan fingerprint density at radius 1 is 1.15 bits per heavy atom. The number of amides is 1. The summed E-state index contributed by atoms with van der Waals surface area (Å²) >= 11 is 1.51. The van der Waals surface area contributed by atoms with Crippen LogP contribution in [0.4, 0.5) is 10.8 Å². The van der Waals surface area contributed by atoms with Crippen LogP contribution in [0.15, 0.2) is 47.4 Å². The quantitative estimate of drug-likeness (QED) is 0.507. The van der Waals surface area contributed by atoms with E-state index in [1.807, 2.05) is 47.7 Å². The molecular formula is C27H38N4OS. The van der Waals surface area contributed by atoms with Crippen LogP contribution in [0.1, 0.15) is 68.3 Å². The number of carbonyl (C=O) groups excluding carboxylic acids is 1. The summed E-state index contributed by atoms with van der Waals surface area (Å²) in [5.74, 6) is 0.458. The Morgan fingerprint density at radius 3 is 2.85 bits per heavy atom. The molecule has 1 aliphatic heterocycles. The van der Waals surface area contributed by atoms with Gasteiger partial charge in [-0.1, -0.05) is 49.1 Å².